The normalized spacial score (nSPS) is 20.2. The maximum absolute atomic E-state index is 11.6. The van der Waals surface area contributed by atoms with Gasteiger partial charge in [-0.15, -0.1) is 0 Å². The third-order valence-corrected chi connectivity index (χ3v) is 2.30. The van der Waals surface area contributed by atoms with Crippen LogP contribution in [0.1, 0.15) is 16.9 Å². The van der Waals surface area contributed by atoms with Crippen LogP contribution in [-0.4, -0.2) is 30.3 Å². The number of carbonyl (C=O) groups excluding carboxylic acids is 1. The molecule has 1 aliphatic rings. The maximum atomic E-state index is 11.6. The number of nitrogens with zero attached hydrogens (tertiary/aromatic N) is 1. The molecule has 0 bridgehead atoms. The van der Waals surface area contributed by atoms with Crippen molar-refractivity contribution in [2.24, 2.45) is 0 Å². The Bertz CT molecular complexity index is 363. The fraction of sp³-hybridized carbons (Fsp3) is 0.400. The summed E-state index contributed by atoms with van der Waals surface area (Å²) in [5.41, 5.74) is 0.231. The Morgan fingerprint density at radius 3 is 3.13 bits per heavy atom. The van der Waals surface area contributed by atoms with E-state index in [1.807, 2.05) is 0 Å². The van der Waals surface area contributed by atoms with E-state index in [9.17, 15) is 4.79 Å². The minimum absolute atomic E-state index is 0.154. The molecule has 0 spiro atoms. The Morgan fingerprint density at radius 2 is 2.47 bits per heavy atom. The first-order valence-corrected chi connectivity index (χ1v) is 5.05. The molecule has 0 aliphatic carbocycles. The van der Waals surface area contributed by atoms with E-state index in [1.165, 1.54) is 0 Å². The van der Waals surface area contributed by atoms with Crippen LogP contribution in [0.25, 0.3) is 0 Å². The number of pyridine rings is 1. The highest BCUT2D eigenvalue weighted by Gasteiger charge is 2.21. The van der Waals surface area contributed by atoms with Gasteiger partial charge in [0.2, 0.25) is 0 Å². The van der Waals surface area contributed by atoms with E-state index >= 15 is 0 Å². The fourth-order valence-corrected chi connectivity index (χ4v) is 1.50. The third-order valence-electron chi connectivity index (χ3n) is 2.09. The van der Waals surface area contributed by atoms with Gasteiger partial charge in [-0.1, -0.05) is 17.7 Å². The molecule has 1 aliphatic heterocycles. The zero-order chi connectivity index (χ0) is 10.7. The van der Waals surface area contributed by atoms with Gasteiger partial charge in [-0.05, 0) is 12.1 Å². The topological polar surface area (TPSA) is 48.4 Å². The maximum Gasteiger partial charge on any atom is 0.357 e. The number of rotatable bonds is 2. The van der Waals surface area contributed by atoms with Crippen LogP contribution in [0.15, 0.2) is 18.2 Å². The molecule has 0 amide bonds. The number of carbonyl (C=O) groups is 1. The second-order valence-electron chi connectivity index (χ2n) is 3.24. The summed E-state index contributed by atoms with van der Waals surface area (Å²) < 4.78 is 10.3. The summed E-state index contributed by atoms with van der Waals surface area (Å²) in [6.07, 6.45) is 0.588. The number of esters is 1. The number of hydrogen-bond donors (Lipinski definition) is 0. The summed E-state index contributed by atoms with van der Waals surface area (Å²) in [5, 5.41) is 0.284. The van der Waals surface area contributed by atoms with Crippen LogP contribution in [-0.2, 0) is 9.47 Å². The van der Waals surface area contributed by atoms with Crippen molar-refractivity contribution in [2.75, 3.05) is 13.2 Å². The Morgan fingerprint density at radius 1 is 1.60 bits per heavy atom. The molecule has 1 fully saturated rings. The van der Waals surface area contributed by atoms with E-state index in [0.717, 1.165) is 6.42 Å². The molecule has 15 heavy (non-hydrogen) atoms. The summed E-state index contributed by atoms with van der Waals surface area (Å²) >= 11 is 5.66. The quantitative estimate of drug-likeness (QED) is 0.570. The first-order valence-electron chi connectivity index (χ1n) is 4.67. The molecule has 80 valence electrons. The number of halogens is 1. The van der Waals surface area contributed by atoms with Crippen molar-refractivity contribution in [1.82, 2.24) is 4.98 Å². The van der Waals surface area contributed by atoms with Crippen molar-refractivity contribution in [3.8, 4) is 0 Å². The minimum Gasteiger partial charge on any atom is -0.455 e. The van der Waals surface area contributed by atoms with Crippen LogP contribution in [0.2, 0.25) is 5.15 Å². The van der Waals surface area contributed by atoms with Gasteiger partial charge in [0.15, 0.2) is 0 Å². The summed E-state index contributed by atoms with van der Waals surface area (Å²) in [6.45, 7) is 1.10. The summed E-state index contributed by atoms with van der Waals surface area (Å²) in [6, 6.07) is 4.85. The van der Waals surface area contributed by atoms with Crippen molar-refractivity contribution >= 4 is 17.6 Å². The fourth-order valence-electron chi connectivity index (χ4n) is 1.34. The van der Waals surface area contributed by atoms with E-state index in [1.54, 1.807) is 18.2 Å². The Kier molecular flexibility index (Phi) is 3.18. The van der Waals surface area contributed by atoms with Gasteiger partial charge in [-0.25, -0.2) is 9.78 Å². The van der Waals surface area contributed by atoms with E-state index in [2.05, 4.69) is 4.98 Å². The molecular weight excluding hydrogens is 218 g/mol. The molecule has 1 aromatic rings. The average Bonchev–Trinajstić information content (AvgIpc) is 2.70. The molecule has 2 heterocycles. The first-order chi connectivity index (χ1) is 7.25. The zero-order valence-electron chi connectivity index (χ0n) is 7.98. The Labute approximate surface area is 92.2 Å². The van der Waals surface area contributed by atoms with Crippen LogP contribution < -0.4 is 0 Å². The molecule has 0 aromatic carbocycles. The van der Waals surface area contributed by atoms with Gasteiger partial charge in [0.05, 0.1) is 13.2 Å². The second-order valence-corrected chi connectivity index (χ2v) is 3.62. The summed E-state index contributed by atoms with van der Waals surface area (Å²) in [7, 11) is 0. The third kappa shape index (κ3) is 2.67. The summed E-state index contributed by atoms with van der Waals surface area (Å²) in [5.74, 6) is -0.451. The highest BCUT2D eigenvalue weighted by Crippen LogP contribution is 2.12. The number of ether oxygens (including phenoxy) is 2. The molecular formula is C10H10ClNO3. The van der Waals surface area contributed by atoms with Crippen LogP contribution in [0.3, 0.4) is 0 Å². The Balaban J connectivity index is 2.01. The van der Waals surface area contributed by atoms with Crippen LogP contribution in [0, 0.1) is 0 Å². The smallest absolute Gasteiger partial charge is 0.357 e. The van der Waals surface area contributed by atoms with Crippen LogP contribution in [0.4, 0.5) is 0 Å². The second kappa shape index (κ2) is 4.59. The predicted molar refractivity (Wildman–Crippen MR) is 53.9 cm³/mol. The van der Waals surface area contributed by atoms with Crippen molar-refractivity contribution < 1.29 is 14.3 Å². The van der Waals surface area contributed by atoms with E-state index in [0.29, 0.717) is 13.2 Å². The lowest BCUT2D eigenvalue weighted by atomic mass is 10.3. The molecule has 1 aromatic heterocycles. The molecule has 5 heteroatoms. The van der Waals surface area contributed by atoms with E-state index < -0.39 is 5.97 Å². The lowest BCUT2D eigenvalue weighted by molar-refractivity contribution is 0.0264. The van der Waals surface area contributed by atoms with Crippen LogP contribution in [0.5, 0.6) is 0 Å². The molecule has 2 rings (SSSR count). The lowest BCUT2D eigenvalue weighted by Crippen LogP contribution is -2.18. The molecule has 4 nitrogen and oxygen atoms in total. The summed E-state index contributed by atoms with van der Waals surface area (Å²) in [4.78, 5) is 15.4. The van der Waals surface area contributed by atoms with E-state index in [4.69, 9.17) is 21.1 Å². The first kappa shape index (κ1) is 10.4. The van der Waals surface area contributed by atoms with Gasteiger partial charge in [-0.3, -0.25) is 0 Å². The SMILES string of the molecule is O=C(OC1CCOC1)c1cccc(Cl)n1. The van der Waals surface area contributed by atoms with Crippen molar-refractivity contribution in [2.45, 2.75) is 12.5 Å². The van der Waals surface area contributed by atoms with Gasteiger partial charge in [0, 0.05) is 6.42 Å². The Hall–Kier alpha value is -1.13. The van der Waals surface area contributed by atoms with Crippen molar-refractivity contribution in [3.05, 3.63) is 29.0 Å². The van der Waals surface area contributed by atoms with Gasteiger partial charge in [0.25, 0.3) is 0 Å². The largest absolute Gasteiger partial charge is 0.455 e. The van der Waals surface area contributed by atoms with Crippen molar-refractivity contribution in [1.29, 1.82) is 0 Å². The monoisotopic (exact) mass is 227 g/mol. The van der Waals surface area contributed by atoms with Gasteiger partial charge in [-0.2, -0.15) is 0 Å². The zero-order valence-corrected chi connectivity index (χ0v) is 8.74. The average molecular weight is 228 g/mol. The standard InChI is InChI=1S/C10H10ClNO3/c11-9-3-1-2-8(12-9)10(13)15-7-4-5-14-6-7/h1-3,7H,4-6H2. The van der Waals surface area contributed by atoms with Gasteiger partial charge >= 0.3 is 5.97 Å². The number of hydrogen-bond acceptors (Lipinski definition) is 4. The molecule has 1 atom stereocenters. The van der Waals surface area contributed by atoms with E-state index in [-0.39, 0.29) is 17.0 Å². The van der Waals surface area contributed by atoms with Crippen molar-refractivity contribution in [3.63, 3.8) is 0 Å². The predicted octanol–water partition coefficient (Wildman–Crippen LogP) is 1.68. The highest BCUT2D eigenvalue weighted by atomic mass is 35.5. The molecule has 0 N–H and O–H groups in total. The molecule has 1 unspecified atom stereocenters. The molecule has 0 saturated carbocycles. The highest BCUT2D eigenvalue weighted by molar-refractivity contribution is 6.29. The molecule has 0 radical (unpaired) electrons. The minimum atomic E-state index is -0.451. The van der Waals surface area contributed by atoms with Gasteiger partial charge < -0.3 is 9.47 Å². The molecule has 1 saturated heterocycles. The van der Waals surface area contributed by atoms with Crippen LogP contribution >= 0.6 is 11.6 Å². The lowest BCUT2D eigenvalue weighted by Gasteiger charge is -2.09. The number of aromatic nitrogens is 1. The van der Waals surface area contributed by atoms with Gasteiger partial charge in [0.1, 0.15) is 17.0 Å².